The zero-order chi connectivity index (χ0) is 15.7. The third-order valence-electron chi connectivity index (χ3n) is 4.51. The molecule has 3 N–H and O–H groups in total. The summed E-state index contributed by atoms with van der Waals surface area (Å²) in [6, 6.07) is 7.16. The monoisotopic (exact) mass is 310 g/mol. The molecule has 0 saturated heterocycles. The smallest absolute Gasteiger partial charge is 0.238 e. The summed E-state index contributed by atoms with van der Waals surface area (Å²) in [5.41, 5.74) is 1.35. The highest BCUT2D eigenvalue weighted by molar-refractivity contribution is 7.89. The van der Waals surface area contributed by atoms with Crippen molar-refractivity contribution in [2.24, 2.45) is 16.5 Å². The van der Waals surface area contributed by atoms with E-state index in [0.29, 0.717) is 11.5 Å². The second-order valence-electron chi connectivity index (χ2n) is 7.13. The molecule has 4 nitrogen and oxygen atoms in total. The number of hydrogen-bond donors (Lipinski definition) is 2. The van der Waals surface area contributed by atoms with Gasteiger partial charge in [0.15, 0.2) is 0 Å². The average molecular weight is 310 g/mol. The molecule has 0 radical (unpaired) electrons. The largest absolute Gasteiger partial charge is 0.382 e. The molecule has 21 heavy (non-hydrogen) atoms. The lowest BCUT2D eigenvalue weighted by Crippen LogP contribution is -2.31. The Labute approximate surface area is 128 Å². The van der Waals surface area contributed by atoms with Crippen molar-refractivity contribution in [1.29, 1.82) is 0 Å². The molecule has 0 heterocycles. The van der Waals surface area contributed by atoms with Crippen LogP contribution >= 0.6 is 0 Å². The van der Waals surface area contributed by atoms with E-state index in [1.165, 1.54) is 25.7 Å². The third-order valence-corrected chi connectivity index (χ3v) is 5.43. The minimum absolute atomic E-state index is 0.157. The summed E-state index contributed by atoms with van der Waals surface area (Å²) in [5, 5.41) is 8.59. The van der Waals surface area contributed by atoms with Crippen molar-refractivity contribution in [2.45, 2.75) is 57.4 Å². The van der Waals surface area contributed by atoms with E-state index in [1.807, 2.05) is 0 Å². The Bertz CT molecular complexity index is 565. The third kappa shape index (κ3) is 4.45. The van der Waals surface area contributed by atoms with E-state index in [4.69, 9.17) is 5.14 Å². The molecule has 0 amide bonds. The molecule has 5 heteroatoms. The van der Waals surface area contributed by atoms with E-state index in [9.17, 15) is 8.42 Å². The van der Waals surface area contributed by atoms with Gasteiger partial charge in [0.05, 0.1) is 4.90 Å². The highest BCUT2D eigenvalue weighted by Crippen LogP contribution is 2.38. The van der Waals surface area contributed by atoms with Crippen LogP contribution in [0.1, 0.15) is 46.5 Å². The van der Waals surface area contributed by atoms with E-state index in [0.717, 1.165) is 11.6 Å². The first-order valence-corrected chi connectivity index (χ1v) is 9.10. The van der Waals surface area contributed by atoms with Crippen LogP contribution in [0.25, 0.3) is 0 Å². The van der Waals surface area contributed by atoms with Gasteiger partial charge in [0.1, 0.15) is 0 Å². The summed E-state index contributed by atoms with van der Waals surface area (Å²) in [4.78, 5) is 0.157. The number of sulfonamides is 1. The van der Waals surface area contributed by atoms with Gasteiger partial charge in [-0.1, -0.05) is 20.8 Å². The molecule has 0 spiro atoms. The number of nitrogens with two attached hydrogens (primary N) is 1. The Kier molecular flexibility index (Phi) is 4.63. The van der Waals surface area contributed by atoms with Gasteiger partial charge in [0.2, 0.25) is 10.0 Å². The molecular weight excluding hydrogens is 284 g/mol. The molecule has 0 aromatic heterocycles. The predicted molar refractivity (Wildman–Crippen MR) is 86.6 cm³/mol. The Morgan fingerprint density at radius 2 is 1.57 bits per heavy atom. The lowest BCUT2D eigenvalue weighted by Gasteiger charge is -2.37. The minimum Gasteiger partial charge on any atom is -0.382 e. The Morgan fingerprint density at radius 3 is 2.00 bits per heavy atom. The summed E-state index contributed by atoms with van der Waals surface area (Å²) in [6.45, 7) is 6.95. The Morgan fingerprint density at radius 1 is 1.05 bits per heavy atom. The normalized spacial score (nSPS) is 23.8. The maximum atomic E-state index is 11.2. The first kappa shape index (κ1) is 16.3. The van der Waals surface area contributed by atoms with Gasteiger partial charge in [-0.15, -0.1) is 0 Å². The van der Waals surface area contributed by atoms with Gasteiger partial charge in [-0.05, 0) is 61.3 Å². The fraction of sp³-hybridized carbons (Fsp3) is 0.625. The first-order valence-electron chi connectivity index (χ1n) is 7.55. The zero-order valence-electron chi connectivity index (χ0n) is 13.1. The Hall–Kier alpha value is -1.07. The highest BCUT2D eigenvalue weighted by atomic mass is 32.2. The molecule has 0 atom stereocenters. The van der Waals surface area contributed by atoms with Crippen LogP contribution in [0.2, 0.25) is 0 Å². The van der Waals surface area contributed by atoms with E-state index >= 15 is 0 Å². The lowest BCUT2D eigenvalue weighted by molar-refractivity contribution is 0.173. The van der Waals surface area contributed by atoms with Crippen LogP contribution in [-0.4, -0.2) is 14.5 Å². The number of anilines is 1. The van der Waals surface area contributed by atoms with Gasteiger partial charge in [-0.25, -0.2) is 13.6 Å². The second-order valence-corrected chi connectivity index (χ2v) is 8.69. The van der Waals surface area contributed by atoms with Crippen LogP contribution in [0.4, 0.5) is 5.69 Å². The molecule has 1 aromatic carbocycles. The summed E-state index contributed by atoms with van der Waals surface area (Å²) in [6.07, 6.45) is 4.82. The molecule has 1 aliphatic rings. The molecular formula is C16H26N2O2S. The fourth-order valence-electron chi connectivity index (χ4n) is 3.08. The Balaban J connectivity index is 1.92. The van der Waals surface area contributed by atoms with E-state index in [2.05, 4.69) is 26.1 Å². The van der Waals surface area contributed by atoms with E-state index in [1.54, 1.807) is 24.3 Å². The van der Waals surface area contributed by atoms with Crippen LogP contribution in [-0.2, 0) is 10.0 Å². The highest BCUT2D eigenvalue weighted by Gasteiger charge is 2.29. The number of primary sulfonamides is 1. The van der Waals surface area contributed by atoms with Crippen molar-refractivity contribution in [1.82, 2.24) is 0 Å². The molecule has 0 unspecified atom stereocenters. The van der Waals surface area contributed by atoms with Crippen molar-refractivity contribution in [2.75, 3.05) is 5.32 Å². The number of hydrogen-bond acceptors (Lipinski definition) is 3. The van der Waals surface area contributed by atoms with Crippen LogP contribution in [0.5, 0.6) is 0 Å². The van der Waals surface area contributed by atoms with Gasteiger partial charge in [-0.3, -0.25) is 0 Å². The van der Waals surface area contributed by atoms with Gasteiger partial charge >= 0.3 is 0 Å². The summed E-state index contributed by atoms with van der Waals surface area (Å²) < 4.78 is 22.4. The average Bonchev–Trinajstić information content (AvgIpc) is 2.38. The van der Waals surface area contributed by atoms with Crippen LogP contribution in [0.3, 0.4) is 0 Å². The SMILES string of the molecule is CC(C)(C)C1CCC(Nc2ccc(S(N)(=O)=O)cc2)CC1. The topological polar surface area (TPSA) is 72.2 Å². The van der Waals surface area contributed by atoms with Gasteiger partial charge < -0.3 is 5.32 Å². The first-order chi connectivity index (χ1) is 9.66. The standard InChI is InChI=1S/C16H26N2O2S/c1-16(2,3)12-4-6-13(7-5-12)18-14-8-10-15(11-9-14)21(17,19)20/h8-13,18H,4-7H2,1-3H3,(H2,17,19,20). The van der Waals surface area contributed by atoms with Crippen molar-refractivity contribution in [3.05, 3.63) is 24.3 Å². The molecule has 1 aromatic rings. The fourth-order valence-corrected chi connectivity index (χ4v) is 3.60. The number of nitrogens with one attached hydrogen (secondary N) is 1. The molecule has 1 fully saturated rings. The van der Waals surface area contributed by atoms with Crippen molar-refractivity contribution < 1.29 is 8.42 Å². The number of benzene rings is 1. The zero-order valence-corrected chi connectivity index (χ0v) is 13.9. The quantitative estimate of drug-likeness (QED) is 0.899. The van der Waals surface area contributed by atoms with Gasteiger partial charge in [-0.2, -0.15) is 0 Å². The molecule has 0 bridgehead atoms. The van der Waals surface area contributed by atoms with Crippen molar-refractivity contribution >= 4 is 15.7 Å². The molecule has 2 rings (SSSR count). The summed E-state index contributed by atoms with van der Waals surface area (Å²) in [7, 11) is -3.60. The minimum atomic E-state index is -3.60. The molecule has 0 aliphatic heterocycles. The predicted octanol–water partition coefficient (Wildman–Crippen LogP) is 3.35. The van der Waals surface area contributed by atoms with Gasteiger partial charge in [0.25, 0.3) is 0 Å². The van der Waals surface area contributed by atoms with Crippen LogP contribution in [0.15, 0.2) is 29.2 Å². The molecule has 118 valence electrons. The summed E-state index contributed by atoms with van der Waals surface area (Å²) in [5.74, 6) is 0.792. The maximum Gasteiger partial charge on any atom is 0.238 e. The molecule has 1 saturated carbocycles. The lowest BCUT2D eigenvalue weighted by atomic mass is 9.71. The van der Waals surface area contributed by atoms with Crippen molar-refractivity contribution in [3.8, 4) is 0 Å². The van der Waals surface area contributed by atoms with E-state index in [-0.39, 0.29) is 4.90 Å². The van der Waals surface area contributed by atoms with Gasteiger partial charge in [0, 0.05) is 11.7 Å². The summed E-state index contributed by atoms with van der Waals surface area (Å²) >= 11 is 0. The van der Waals surface area contributed by atoms with Crippen molar-refractivity contribution in [3.63, 3.8) is 0 Å². The van der Waals surface area contributed by atoms with Crippen LogP contribution < -0.4 is 10.5 Å². The van der Waals surface area contributed by atoms with E-state index < -0.39 is 10.0 Å². The van der Waals surface area contributed by atoms with Crippen LogP contribution in [0, 0.1) is 11.3 Å². The number of rotatable bonds is 3. The molecule has 1 aliphatic carbocycles. The maximum absolute atomic E-state index is 11.2. The second kappa shape index (κ2) is 5.97.